The third-order valence-electron chi connectivity index (χ3n) is 3.01. The van der Waals surface area contributed by atoms with Crippen LogP contribution in [0.15, 0.2) is 18.2 Å². The van der Waals surface area contributed by atoms with E-state index in [2.05, 4.69) is 17.2 Å². The summed E-state index contributed by atoms with van der Waals surface area (Å²) in [6.07, 6.45) is 2.41. The Morgan fingerprint density at radius 1 is 1.53 bits per heavy atom. The molecule has 1 aromatic carbocycles. The lowest BCUT2D eigenvalue weighted by molar-refractivity contribution is 0.0951. The van der Waals surface area contributed by atoms with E-state index in [0.717, 1.165) is 6.54 Å². The van der Waals surface area contributed by atoms with E-state index in [1.165, 1.54) is 12.8 Å². The molecule has 0 unspecified atom stereocenters. The summed E-state index contributed by atoms with van der Waals surface area (Å²) in [5.41, 5.74) is 1.17. The van der Waals surface area contributed by atoms with Gasteiger partial charge in [0.1, 0.15) is 12.4 Å². The number of aliphatic hydroxyl groups is 1. The minimum Gasteiger partial charge on any atom is -0.495 e. The Kier molecular flexibility index (Phi) is 4.43. The van der Waals surface area contributed by atoms with Gasteiger partial charge in [-0.3, -0.25) is 4.79 Å². The molecule has 0 aliphatic heterocycles. The van der Waals surface area contributed by atoms with Gasteiger partial charge in [0.15, 0.2) is 0 Å². The second kappa shape index (κ2) is 6.26. The molecule has 4 nitrogen and oxygen atoms in total. The predicted molar refractivity (Wildman–Crippen MR) is 72.0 cm³/mol. The van der Waals surface area contributed by atoms with E-state index in [1.54, 1.807) is 25.3 Å². The smallest absolute Gasteiger partial charge is 0.251 e. The fourth-order valence-corrected chi connectivity index (χ4v) is 1.74. The number of nitrogens with one attached hydrogen (secondary N) is 1. The van der Waals surface area contributed by atoms with Crippen molar-refractivity contribution in [2.24, 2.45) is 5.92 Å². The first-order chi connectivity index (χ1) is 9.24. The molecule has 0 aromatic heterocycles. The lowest BCUT2D eigenvalue weighted by atomic mass is 10.1. The van der Waals surface area contributed by atoms with Gasteiger partial charge in [0.2, 0.25) is 0 Å². The van der Waals surface area contributed by atoms with Crippen LogP contribution in [0.1, 0.15) is 28.8 Å². The number of ether oxygens (including phenoxy) is 1. The molecule has 4 heteroatoms. The Bertz CT molecular complexity index is 524. The van der Waals surface area contributed by atoms with Crippen LogP contribution < -0.4 is 10.1 Å². The highest BCUT2D eigenvalue weighted by Crippen LogP contribution is 2.27. The van der Waals surface area contributed by atoms with Crippen LogP contribution in [0.2, 0.25) is 0 Å². The predicted octanol–water partition coefficient (Wildman–Crippen LogP) is 1.18. The molecule has 0 spiro atoms. The minimum atomic E-state index is -0.221. The van der Waals surface area contributed by atoms with E-state index in [4.69, 9.17) is 9.84 Å². The Labute approximate surface area is 112 Å². The molecule has 1 aromatic rings. The van der Waals surface area contributed by atoms with Crippen molar-refractivity contribution in [3.8, 4) is 17.6 Å². The third kappa shape index (κ3) is 3.73. The lowest BCUT2D eigenvalue weighted by Gasteiger charge is -2.07. The summed E-state index contributed by atoms with van der Waals surface area (Å²) in [6.45, 7) is 0.518. The van der Waals surface area contributed by atoms with Crippen LogP contribution in [-0.4, -0.2) is 31.3 Å². The molecule has 19 heavy (non-hydrogen) atoms. The van der Waals surface area contributed by atoms with Crippen molar-refractivity contribution in [1.29, 1.82) is 0 Å². The first-order valence-electron chi connectivity index (χ1n) is 6.30. The van der Waals surface area contributed by atoms with Gasteiger partial charge in [-0.25, -0.2) is 0 Å². The molecular formula is C15H17NO3. The summed E-state index contributed by atoms with van der Waals surface area (Å²) in [5, 5.41) is 11.6. The fourth-order valence-electron chi connectivity index (χ4n) is 1.74. The van der Waals surface area contributed by atoms with E-state index in [9.17, 15) is 4.79 Å². The van der Waals surface area contributed by atoms with Crippen molar-refractivity contribution in [1.82, 2.24) is 5.32 Å². The molecule has 2 N–H and O–H groups in total. The van der Waals surface area contributed by atoms with E-state index in [1.807, 2.05) is 0 Å². The lowest BCUT2D eigenvalue weighted by Crippen LogP contribution is -2.25. The Balaban J connectivity index is 2.13. The highest BCUT2D eigenvalue weighted by molar-refractivity contribution is 5.94. The second-order valence-corrected chi connectivity index (χ2v) is 4.53. The third-order valence-corrected chi connectivity index (χ3v) is 3.01. The molecule has 100 valence electrons. The summed E-state index contributed by atoms with van der Waals surface area (Å²) in [4.78, 5) is 12.0. The maximum absolute atomic E-state index is 12.0. The standard InChI is InChI=1S/C15H17NO3/c1-19-14-7-6-13(9-12(14)3-2-8-17)15(18)16-10-11-4-5-11/h6-7,9,11,17H,4-5,8,10H2,1H3,(H,16,18). The summed E-state index contributed by atoms with van der Waals surface area (Å²) < 4.78 is 5.17. The first kappa shape index (κ1) is 13.4. The highest BCUT2D eigenvalue weighted by atomic mass is 16.5. The maximum Gasteiger partial charge on any atom is 0.251 e. The van der Waals surface area contributed by atoms with Gasteiger partial charge in [-0.15, -0.1) is 0 Å². The summed E-state index contributed by atoms with van der Waals surface area (Å²) >= 11 is 0. The molecule has 2 rings (SSSR count). The van der Waals surface area contributed by atoms with Crippen molar-refractivity contribution in [2.45, 2.75) is 12.8 Å². The van der Waals surface area contributed by atoms with Crippen molar-refractivity contribution in [3.63, 3.8) is 0 Å². The summed E-state index contributed by atoms with van der Waals surface area (Å²) in [6, 6.07) is 5.11. The van der Waals surface area contributed by atoms with Crippen molar-refractivity contribution in [3.05, 3.63) is 29.3 Å². The van der Waals surface area contributed by atoms with Gasteiger partial charge in [0.25, 0.3) is 5.91 Å². The van der Waals surface area contributed by atoms with Gasteiger partial charge in [0.05, 0.1) is 12.7 Å². The molecule has 1 saturated carbocycles. The van der Waals surface area contributed by atoms with Crippen molar-refractivity contribution >= 4 is 5.91 Å². The van der Waals surface area contributed by atoms with Crippen LogP contribution in [0.4, 0.5) is 0 Å². The Hall–Kier alpha value is -1.99. The van der Waals surface area contributed by atoms with Crippen LogP contribution >= 0.6 is 0 Å². The minimum absolute atomic E-state index is 0.0957. The van der Waals surface area contributed by atoms with E-state index in [-0.39, 0.29) is 12.5 Å². The summed E-state index contributed by atoms with van der Waals surface area (Å²) in [5.74, 6) is 6.49. The molecule has 0 heterocycles. The number of rotatable bonds is 4. The molecule has 0 bridgehead atoms. The highest BCUT2D eigenvalue weighted by Gasteiger charge is 2.22. The second-order valence-electron chi connectivity index (χ2n) is 4.53. The van der Waals surface area contributed by atoms with Crippen LogP contribution in [0.5, 0.6) is 5.75 Å². The van der Waals surface area contributed by atoms with Crippen LogP contribution in [0.3, 0.4) is 0 Å². The molecule has 0 radical (unpaired) electrons. The van der Waals surface area contributed by atoms with E-state index in [0.29, 0.717) is 22.8 Å². The fraction of sp³-hybridized carbons (Fsp3) is 0.400. The van der Waals surface area contributed by atoms with E-state index < -0.39 is 0 Å². The number of hydrogen-bond donors (Lipinski definition) is 2. The number of carbonyl (C=O) groups is 1. The van der Waals surface area contributed by atoms with Gasteiger partial charge < -0.3 is 15.2 Å². The average molecular weight is 259 g/mol. The molecular weight excluding hydrogens is 242 g/mol. The van der Waals surface area contributed by atoms with E-state index >= 15 is 0 Å². The summed E-state index contributed by atoms with van der Waals surface area (Å²) in [7, 11) is 1.55. The van der Waals surface area contributed by atoms with Gasteiger partial charge in [0, 0.05) is 12.1 Å². The Morgan fingerprint density at radius 2 is 2.32 bits per heavy atom. The average Bonchev–Trinajstić information content (AvgIpc) is 3.26. The Morgan fingerprint density at radius 3 is 2.95 bits per heavy atom. The van der Waals surface area contributed by atoms with Gasteiger partial charge in [-0.2, -0.15) is 0 Å². The SMILES string of the molecule is COc1ccc(C(=O)NCC2CC2)cc1C#CCO. The molecule has 0 saturated heterocycles. The number of hydrogen-bond acceptors (Lipinski definition) is 3. The topological polar surface area (TPSA) is 58.6 Å². The van der Waals surface area contributed by atoms with Crippen molar-refractivity contribution in [2.75, 3.05) is 20.3 Å². The quantitative estimate of drug-likeness (QED) is 0.798. The zero-order valence-corrected chi connectivity index (χ0v) is 10.9. The normalized spacial score (nSPS) is 13.4. The van der Waals surface area contributed by atoms with Crippen LogP contribution in [-0.2, 0) is 0 Å². The van der Waals surface area contributed by atoms with Gasteiger partial charge in [-0.05, 0) is 37.0 Å². The molecule has 1 fully saturated rings. The number of benzene rings is 1. The van der Waals surface area contributed by atoms with Gasteiger partial charge in [-0.1, -0.05) is 11.8 Å². The molecule has 1 aliphatic rings. The van der Waals surface area contributed by atoms with Gasteiger partial charge >= 0.3 is 0 Å². The molecule has 0 atom stereocenters. The zero-order chi connectivity index (χ0) is 13.7. The van der Waals surface area contributed by atoms with Crippen LogP contribution in [0, 0.1) is 17.8 Å². The number of aliphatic hydroxyl groups excluding tert-OH is 1. The monoisotopic (exact) mass is 259 g/mol. The maximum atomic E-state index is 12.0. The molecule has 1 aliphatic carbocycles. The van der Waals surface area contributed by atoms with Crippen molar-refractivity contribution < 1.29 is 14.6 Å². The number of carbonyl (C=O) groups excluding carboxylic acids is 1. The number of methoxy groups -OCH3 is 1. The number of amides is 1. The zero-order valence-electron chi connectivity index (χ0n) is 10.9. The first-order valence-corrected chi connectivity index (χ1v) is 6.30. The largest absolute Gasteiger partial charge is 0.495 e. The van der Waals surface area contributed by atoms with Crippen LogP contribution in [0.25, 0.3) is 0 Å². The molecule has 1 amide bonds.